The highest BCUT2D eigenvalue weighted by Gasteiger charge is 2.09. The molecule has 0 radical (unpaired) electrons. The van der Waals surface area contributed by atoms with Crippen LogP contribution in [-0.4, -0.2) is 15.5 Å². The summed E-state index contributed by atoms with van der Waals surface area (Å²) in [5, 5.41) is 5.63. The Morgan fingerprint density at radius 1 is 1.29 bits per heavy atom. The molecular formula is C14H10ClN3O2S. The number of carbonyl (C=O) groups is 1. The largest absolute Gasteiger partial charge is 0.325 e. The minimum Gasteiger partial charge on any atom is -0.325 e. The van der Waals surface area contributed by atoms with Gasteiger partial charge in [-0.05, 0) is 35.7 Å². The Morgan fingerprint density at radius 3 is 2.81 bits per heavy atom. The molecule has 0 saturated heterocycles. The van der Waals surface area contributed by atoms with Gasteiger partial charge in [-0.3, -0.25) is 14.2 Å². The first kappa shape index (κ1) is 13.8. The van der Waals surface area contributed by atoms with Crippen molar-refractivity contribution in [2.75, 3.05) is 5.32 Å². The number of benzene rings is 1. The van der Waals surface area contributed by atoms with Crippen LogP contribution in [0.4, 0.5) is 5.69 Å². The van der Waals surface area contributed by atoms with Crippen molar-refractivity contribution in [1.82, 2.24) is 9.55 Å². The predicted octanol–water partition coefficient (Wildman–Crippen LogP) is 2.75. The van der Waals surface area contributed by atoms with E-state index in [9.17, 15) is 9.59 Å². The zero-order valence-electron chi connectivity index (χ0n) is 10.7. The standard InChI is InChI=1S/C14H10ClN3O2S/c15-9-1-3-10(4-2-9)17-12(19)7-18-8-16-13-11(14(18)20)5-6-21-13/h1-6,8H,7H2,(H,17,19). The molecule has 0 atom stereocenters. The molecule has 21 heavy (non-hydrogen) atoms. The van der Waals surface area contributed by atoms with Gasteiger partial charge in [0, 0.05) is 10.7 Å². The Morgan fingerprint density at radius 2 is 2.05 bits per heavy atom. The molecule has 0 bridgehead atoms. The summed E-state index contributed by atoms with van der Waals surface area (Å²) >= 11 is 7.17. The van der Waals surface area contributed by atoms with Gasteiger partial charge in [0.25, 0.3) is 5.56 Å². The summed E-state index contributed by atoms with van der Waals surface area (Å²) in [4.78, 5) is 29.0. The fraction of sp³-hybridized carbons (Fsp3) is 0.0714. The second kappa shape index (κ2) is 5.67. The molecule has 1 N–H and O–H groups in total. The number of nitrogens with one attached hydrogen (secondary N) is 1. The SMILES string of the molecule is O=C(Cn1cnc2sccc2c1=O)Nc1ccc(Cl)cc1. The van der Waals surface area contributed by atoms with E-state index in [-0.39, 0.29) is 18.0 Å². The summed E-state index contributed by atoms with van der Waals surface area (Å²) < 4.78 is 1.29. The molecule has 2 aromatic heterocycles. The van der Waals surface area contributed by atoms with Crippen LogP contribution in [0, 0.1) is 0 Å². The van der Waals surface area contributed by atoms with Crippen LogP contribution in [0.1, 0.15) is 0 Å². The molecule has 0 spiro atoms. The van der Waals surface area contributed by atoms with E-state index in [1.54, 1.807) is 35.7 Å². The van der Waals surface area contributed by atoms with Gasteiger partial charge in [0.05, 0.1) is 11.7 Å². The van der Waals surface area contributed by atoms with Gasteiger partial charge in [0.15, 0.2) is 0 Å². The van der Waals surface area contributed by atoms with E-state index in [4.69, 9.17) is 11.6 Å². The molecule has 106 valence electrons. The van der Waals surface area contributed by atoms with Gasteiger partial charge in [0.2, 0.25) is 5.91 Å². The van der Waals surface area contributed by atoms with Crippen molar-refractivity contribution < 1.29 is 4.79 Å². The van der Waals surface area contributed by atoms with Crippen molar-refractivity contribution in [3.05, 3.63) is 57.4 Å². The Hall–Kier alpha value is -2.18. The number of nitrogens with zero attached hydrogens (tertiary/aromatic N) is 2. The first-order valence-electron chi connectivity index (χ1n) is 6.11. The van der Waals surface area contributed by atoms with Crippen LogP contribution < -0.4 is 10.9 Å². The smallest absolute Gasteiger partial charge is 0.262 e. The number of anilines is 1. The minimum atomic E-state index is -0.296. The molecule has 1 amide bonds. The zero-order chi connectivity index (χ0) is 14.8. The number of fused-ring (bicyclic) bond motifs is 1. The van der Waals surface area contributed by atoms with E-state index in [1.807, 2.05) is 0 Å². The van der Waals surface area contributed by atoms with Crippen LogP contribution in [0.5, 0.6) is 0 Å². The zero-order valence-corrected chi connectivity index (χ0v) is 12.3. The lowest BCUT2D eigenvalue weighted by molar-refractivity contribution is -0.116. The summed E-state index contributed by atoms with van der Waals surface area (Å²) in [7, 11) is 0. The van der Waals surface area contributed by atoms with E-state index >= 15 is 0 Å². The lowest BCUT2D eigenvalue weighted by atomic mass is 10.3. The third kappa shape index (κ3) is 2.96. The maximum atomic E-state index is 12.2. The Labute approximate surface area is 128 Å². The van der Waals surface area contributed by atoms with E-state index in [2.05, 4.69) is 10.3 Å². The van der Waals surface area contributed by atoms with E-state index in [0.717, 1.165) is 0 Å². The molecule has 0 saturated carbocycles. The van der Waals surface area contributed by atoms with Gasteiger partial charge in [-0.2, -0.15) is 0 Å². The Balaban J connectivity index is 1.78. The highest BCUT2D eigenvalue weighted by molar-refractivity contribution is 7.16. The highest BCUT2D eigenvalue weighted by Crippen LogP contribution is 2.14. The molecule has 0 aliphatic carbocycles. The number of hydrogen-bond acceptors (Lipinski definition) is 4. The first-order valence-corrected chi connectivity index (χ1v) is 7.37. The van der Waals surface area contributed by atoms with Crippen molar-refractivity contribution in [1.29, 1.82) is 0 Å². The molecule has 0 aliphatic heterocycles. The van der Waals surface area contributed by atoms with Gasteiger partial charge in [-0.15, -0.1) is 11.3 Å². The highest BCUT2D eigenvalue weighted by atomic mass is 35.5. The number of halogens is 1. The first-order chi connectivity index (χ1) is 10.1. The summed E-state index contributed by atoms with van der Waals surface area (Å²) in [5.74, 6) is -0.296. The fourth-order valence-electron chi connectivity index (χ4n) is 1.89. The lowest BCUT2D eigenvalue weighted by Gasteiger charge is -2.07. The quantitative estimate of drug-likeness (QED) is 0.807. The van der Waals surface area contributed by atoms with Crippen molar-refractivity contribution in [2.24, 2.45) is 0 Å². The topological polar surface area (TPSA) is 64.0 Å². The number of amides is 1. The summed E-state index contributed by atoms with van der Waals surface area (Å²) in [6.07, 6.45) is 1.39. The molecule has 0 unspecified atom stereocenters. The number of thiophene rings is 1. The van der Waals surface area contributed by atoms with Crippen molar-refractivity contribution in [3.8, 4) is 0 Å². The molecule has 7 heteroatoms. The molecule has 5 nitrogen and oxygen atoms in total. The lowest BCUT2D eigenvalue weighted by Crippen LogP contribution is -2.27. The normalized spacial score (nSPS) is 10.7. The minimum absolute atomic E-state index is 0.0831. The third-order valence-corrected chi connectivity index (χ3v) is 3.97. The number of hydrogen-bond donors (Lipinski definition) is 1. The predicted molar refractivity (Wildman–Crippen MR) is 84.0 cm³/mol. The van der Waals surface area contributed by atoms with Crippen LogP contribution >= 0.6 is 22.9 Å². The maximum absolute atomic E-state index is 12.2. The maximum Gasteiger partial charge on any atom is 0.262 e. The van der Waals surface area contributed by atoms with Gasteiger partial charge in [-0.25, -0.2) is 4.98 Å². The molecule has 1 aromatic carbocycles. The van der Waals surface area contributed by atoms with Crippen LogP contribution in [0.25, 0.3) is 10.2 Å². The Kier molecular flexibility index (Phi) is 3.72. The van der Waals surface area contributed by atoms with Crippen molar-refractivity contribution >= 4 is 44.7 Å². The number of carbonyl (C=O) groups excluding carboxylic acids is 1. The summed E-state index contributed by atoms with van der Waals surface area (Å²) in [5.41, 5.74) is 0.412. The van der Waals surface area contributed by atoms with E-state index < -0.39 is 0 Å². The van der Waals surface area contributed by atoms with Crippen molar-refractivity contribution in [2.45, 2.75) is 6.54 Å². The summed E-state index contributed by atoms with van der Waals surface area (Å²) in [6.45, 7) is -0.0831. The second-order valence-corrected chi connectivity index (χ2v) is 5.70. The van der Waals surface area contributed by atoms with Crippen LogP contribution in [0.3, 0.4) is 0 Å². The van der Waals surface area contributed by atoms with Crippen molar-refractivity contribution in [3.63, 3.8) is 0 Å². The molecule has 2 heterocycles. The van der Waals surface area contributed by atoms with Gasteiger partial charge >= 0.3 is 0 Å². The van der Waals surface area contributed by atoms with E-state index in [1.165, 1.54) is 22.2 Å². The van der Waals surface area contributed by atoms with Gasteiger partial charge in [0.1, 0.15) is 11.4 Å². The van der Waals surface area contributed by atoms with E-state index in [0.29, 0.717) is 20.9 Å². The fourth-order valence-corrected chi connectivity index (χ4v) is 2.74. The molecule has 3 rings (SSSR count). The van der Waals surface area contributed by atoms with Crippen LogP contribution in [0.15, 0.2) is 46.8 Å². The Bertz CT molecular complexity index is 855. The second-order valence-electron chi connectivity index (χ2n) is 4.37. The summed E-state index contributed by atoms with van der Waals surface area (Å²) in [6, 6.07) is 8.47. The van der Waals surface area contributed by atoms with Crippen LogP contribution in [0.2, 0.25) is 5.02 Å². The monoisotopic (exact) mass is 319 g/mol. The van der Waals surface area contributed by atoms with Gasteiger partial charge in [-0.1, -0.05) is 11.6 Å². The van der Waals surface area contributed by atoms with Gasteiger partial charge < -0.3 is 5.32 Å². The average Bonchev–Trinajstić information content (AvgIpc) is 2.94. The average molecular weight is 320 g/mol. The van der Waals surface area contributed by atoms with Crippen LogP contribution in [-0.2, 0) is 11.3 Å². The number of aromatic nitrogens is 2. The molecule has 0 aliphatic rings. The number of rotatable bonds is 3. The molecular weight excluding hydrogens is 310 g/mol. The third-order valence-electron chi connectivity index (χ3n) is 2.89. The molecule has 0 fully saturated rings. The molecule has 3 aromatic rings.